The normalized spacial score (nSPS) is 24.4. The van der Waals surface area contributed by atoms with E-state index in [0.717, 1.165) is 45.0 Å². The number of rotatable bonds is 5. The molecule has 0 spiro atoms. The van der Waals surface area contributed by atoms with Crippen molar-refractivity contribution in [2.45, 2.75) is 24.2 Å². The molecule has 1 aromatic rings. The summed E-state index contributed by atoms with van der Waals surface area (Å²) in [7, 11) is 0. The van der Waals surface area contributed by atoms with Gasteiger partial charge in [-0.3, -0.25) is 9.69 Å². The highest BCUT2D eigenvalue weighted by molar-refractivity contribution is 6.52. The highest BCUT2D eigenvalue weighted by Gasteiger charge is 2.56. The second-order valence-electron chi connectivity index (χ2n) is 6.41. The molecule has 1 amide bonds. The van der Waals surface area contributed by atoms with Crippen LogP contribution in [0.1, 0.15) is 18.9 Å². The third-order valence-corrected chi connectivity index (χ3v) is 5.52. The maximum Gasteiger partial charge on any atom is 0.230 e. The first kappa shape index (κ1) is 17.0. The van der Waals surface area contributed by atoms with E-state index in [4.69, 9.17) is 23.2 Å². The highest BCUT2D eigenvalue weighted by Crippen LogP contribution is 2.53. The molecule has 23 heavy (non-hydrogen) atoms. The predicted octanol–water partition coefficient (Wildman–Crippen LogP) is 2.96. The van der Waals surface area contributed by atoms with Gasteiger partial charge >= 0.3 is 0 Å². The monoisotopic (exact) mass is 355 g/mol. The number of benzene rings is 1. The van der Waals surface area contributed by atoms with Gasteiger partial charge in [-0.15, -0.1) is 23.2 Å². The van der Waals surface area contributed by atoms with Crippen molar-refractivity contribution in [3.8, 4) is 0 Å². The first-order chi connectivity index (χ1) is 11.0. The predicted molar refractivity (Wildman–Crippen MR) is 95.0 cm³/mol. The molecule has 1 aromatic carbocycles. The molecule has 1 unspecified atom stereocenters. The second-order valence-corrected chi connectivity index (χ2v) is 7.96. The number of hydrogen-bond acceptors (Lipinski definition) is 3. The van der Waals surface area contributed by atoms with Crippen LogP contribution >= 0.6 is 23.2 Å². The van der Waals surface area contributed by atoms with Crippen molar-refractivity contribution in [1.29, 1.82) is 0 Å². The van der Waals surface area contributed by atoms with Gasteiger partial charge in [0, 0.05) is 38.4 Å². The Hall–Kier alpha value is -0.810. The van der Waals surface area contributed by atoms with Crippen LogP contribution in [0.2, 0.25) is 0 Å². The van der Waals surface area contributed by atoms with Crippen LogP contribution in [-0.2, 0) is 11.3 Å². The van der Waals surface area contributed by atoms with Gasteiger partial charge in [0.25, 0.3) is 0 Å². The van der Waals surface area contributed by atoms with E-state index in [9.17, 15) is 4.79 Å². The second kappa shape index (κ2) is 6.98. The molecule has 0 radical (unpaired) electrons. The third-order valence-electron chi connectivity index (χ3n) is 4.68. The van der Waals surface area contributed by atoms with Crippen LogP contribution in [-0.4, -0.2) is 52.8 Å². The average Bonchev–Trinajstić information content (AvgIpc) is 3.19. The van der Waals surface area contributed by atoms with E-state index in [1.807, 2.05) is 12.1 Å². The Balaban J connectivity index is 1.49. The van der Waals surface area contributed by atoms with Crippen molar-refractivity contribution in [2.75, 3.05) is 38.0 Å². The number of anilines is 1. The molecular weight excluding hydrogens is 333 g/mol. The van der Waals surface area contributed by atoms with Crippen molar-refractivity contribution in [2.24, 2.45) is 5.92 Å². The number of halogens is 2. The first-order valence-electron chi connectivity index (χ1n) is 8.20. The molecule has 1 atom stereocenters. The van der Waals surface area contributed by atoms with Crippen molar-refractivity contribution in [3.05, 3.63) is 29.8 Å². The minimum absolute atomic E-state index is 0.0987. The Kier molecular flexibility index (Phi) is 5.16. The van der Waals surface area contributed by atoms with E-state index < -0.39 is 4.33 Å². The van der Waals surface area contributed by atoms with Crippen molar-refractivity contribution in [3.63, 3.8) is 0 Å². The number of alkyl halides is 2. The van der Waals surface area contributed by atoms with Gasteiger partial charge in [-0.05, 0) is 30.7 Å². The fourth-order valence-corrected chi connectivity index (χ4v) is 3.45. The third kappa shape index (κ3) is 4.38. The molecule has 126 valence electrons. The fraction of sp³-hybridized carbons (Fsp3) is 0.588. The summed E-state index contributed by atoms with van der Waals surface area (Å²) in [5.74, 6) is -0.390. The molecule has 1 saturated heterocycles. The Morgan fingerprint density at radius 2 is 1.74 bits per heavy atom. The zero-order valence-electron chi connectivity index (χ0n) is 13.4. The number of carbonyl (C=O) groups is 1. The molecular formula is C17H23Cl2N3O. The van der Waals surface area contributed by atoms with Gasteiger partial charge in [0.1, 0.15) is 4.33 Å². The van der Waals surface area contributed by atoms with Crippen LogP contribution in [0.4, 0.5) is 5.69 Å². The maximum absolute atomic E-state index is 12.0. The summed E-state index contributed by atoms with van der Waals surface area (Å²) in [6.07, 6.45) is 0.532. The SMILES string of the molecule is CCN1CCN(Cc2ccc(NC(=O)C3CC3(Cl)Cl)cc2)CC1. The van der Waals surface area contributed by atoms with Gasteiger partial charge < -0.3 is 10.2 Å². The van der Waals surface area contributed by atoms with E-state index in [2.05, 4.69) is 34.2 Å². The summed E-state index contributed by atoms with van der Waals surface area (Å²) in [5.41, 5.74) is 2.06. The van der Waals surface area contributed by atoms with Crippen LogP contribution in [0.15, 0.2) is 24.3 Å². The lowest BCUT2D eigenvalue weighted by atomic mass is 10.1. The fourth-order valence-electron chi connectivity index (χ4n) is 2.94. The summed E-state index contributed by atoms with van der Waals surface area (Å²) in [4.78, 5) is 16.9. The minimum atomic E-state index is -0.870. The Morgan fingerprint density at radius 3 is 2.26 bits per heavy atom. The molecule has 0 bridgehead atoms. The molecule has 3 rings (SSSR count). The van der Waals surface area contributed by atoms with Gasteiger partial charge in [-0.25, -0.2) is 0 Å². The van der Waals surface area contributed by atoms with E-state index in [1.54, 1.807) is 0 Å². The Morgan fingerprint density at radius 1 is 1.17 bits per heavy atom. The van der Waals surface area contributed by atoms with E-state index >= 15 is 0 Å². The smallest absolute Gasteiger partial charge is 0.230 e. The van der Waals surface area contributed by atoms with Gasteiger partial charge in [0.2, 0.25) is 5.91 Å². The lowest BCUT2D eigenvalue weighted by molar-refractivity contribution is -0.117. The standard InChI is InChI=1S/C17H23Cl2N3O/c1-2-21-7-9-22(10-8-21)12-13-3-5-14(6-4-13)20-16(23)15-11-17(15,18)19/h3-6,15H,2,7-12H2,1H3,(H,20,23). The van der Waals surface area contributed by atoms with Crippen LogP contribution in [0.3, 0.4) is 0 Å². The molecule has 1 heterocycles. The lowest BCUT2D eigenvalue weighted by Gasteiger charge is -2.34. The van der Waals surface area contributed by atoms with E-state index in [1.165, 1.54) is 5.56 Å². The summed E-state index contributed by atoms with van der Waals surface area (Å²) < 4.78 is -0.870. The van der Waals surface area contributed by atoms with Gasteiger partial charge in [-0.1, -0.05) is 19.1 Å². The molecule has 2 aliphatic rings. The van der Waals surface area contributed by atoms with Crippen molar-refractivity contribution < 1.29 is 4.79 Å². The van der Waals surface area contributed by atoms with Crippen LogP contribution in [0.25, 0.3) is 0 Å². The number of carbonyl (C=O) groups excluding carboxylic acids is 1. The van der Waals surface area contributed by atoms with Crippen molar-refractivity contribution in [1.82, 2.24) is 9.80 Å². The number of likely N-dealkylation sites (N-methyl/N-ethyl adjacent to an activating group) is 1. The van der Waals surface area contributed by atoms with E-state index in [-0.39, 0.29) is 11.8 Å². The average molecular weight is 356 g/mol. The molecule has 1 aliphatic heterocycles. The quantitative estimate of drug-likeness (QED) is 0.824. The number of hydrogen-bond donors (Lipinski definition) is 1. The zero-order chi connectivity index (χ0) is 16.4. The Labute approximate surface area is 147 Å². The first-order valence-corrected chi connectivity index (χ1v) is 8.96. The van der Waals surface area contributed by atoms with Gasteiger partial charge in [0.15, 0.2) is 0 Å². The largest absolute Gasteiger partial charge is 0.326 e. The summed E-state index contributed by atoms with van der Waals surface area (Å²) in [5, 5.41) is 2.88. The summed E-state index contributed by atoms with van der Waals surface area (Å²) in [6, 6.07) is 8.04. The number of nitrogens with one attached hydrogen (secondary N) is 1. The Bertz CT molecular complexity index is 553. The number of piperazine rings is 1. The lowest BCUT2D eigenvalue weighted by Crippen LogP contribution is -2.45. The molecule has 2 fully saturated rings. The van der Waals surface area contributed by atoms with Gasteiger partial charge in [0.05, 0.1) is 5.92 Å². The molecule has 0 aromatic heterocycles. The number of amides is 1. The summed E-state index contributed by atoms with van der Waals surface area (Å²) >= 11 is 11.8. The topological polar surface area (TPSA) is 35.6 Å². The van der Waals surface area contributed by atoms with Crippen LogP contribution in [0, 0.1) is 5.92 Å². The van der Waals surface area contributed by atoms with Crippen molar-refractivity contribution >= 4 is 34.8 Å². The maximum atomic E-state index is 12.0. The minimum Gasteiger partial charge on any atom is -0.326 e. The highest BCUT2D eigenvalue weighted by atomic mass is 35.5. The van der Waals surface area contributed by atoms with Gasteiger partial charge in [-0.2, -0.15) is 0 Å². The molecule has 6 heteroatoms. The molecule has 1 N–H and O–H groups in total. The zero-order valence-corrected chi connectivity index (χ0v) is 14.9. The molecule has 1 saturated carbocycles. The van der Waals surface area contributed by atoms with Crippen LogP contribution in [0.5, 0.6) is 0 Å². The molecule has 4 nitrogen and oxygen atoms in total. The van der Waals surface area contributed by atoms with E-state index in [0.29, 0.717) is 6.42 Å². The van der Waals surface area contributed by atoms with Crippen LogP contribution < -0.4 is 5.32 Å². The summed E-state index contributed by atoms with van der Waals surface area (Å²) in [6.45, 7) is 8.82. The number of nitrogens with zero attached hydrogens (tertiary/aromatic N) is 2. The molecule has 1 aliphatic carbocycles.